The number of carbonyl (C=O) groups is 1. The lowest BCUT2D eigenvalue weighted by Gasteiger charge is -2.26. The highest BCUT2D eigenvalue weighted by molar-refractivity contribution is 5.77. The van der Waals surface area contributed by atoms with E-state index in [1.54, 1.807) is 0 Å². The van der Waals surface area contributed by atoms with E-state index in [9.17, 15) is 9.59 Å². The minimum Gasteiger partial charge on any atom is -0.379 e. The van der Waals surface area contributed by atoms with Crippen LogP contribution in [0.1, 0.15) is 6.42 Å². The summed E-state index contributed by atoms with van der Waals surface area (Å²) in [6.45, 7) is 5.70. The first-order valence-corrected chi connectivity index (χ1v) is 8.09. The van der Waals surface area contributed by atoms with E-state index in [0.717, 1.165) is 32.8 Å². The summed E-state index contributed by atoms with van der Waals surface area (Å²) >= 11 is 0. The highest BCUT2D eigenvalue weighted by Gasteiger charge is 2.24. The molecule has 0 aromatic carbocycles. The molecule has 2 aliphatic rings. The van der Waals surface area contributed by atoms with Crippen LogP contribution in [0.5, 0.6) is 0 Å². The smallest absolute Gasteiger partial charge is 0.277 e. The van der Waals surface area contributed by atoms with Crippen LogP contribution in [0.25, 0.3) is 0 Å². The Morgan fingerprint density at radius 3 is 2.92 bits per heavy atom. The van der Waals surface area contributed by atoms with Crippen LogP contribution in [0.4, 0.5) is 17.5 Å². The zero-order valence-corrected chi connectivity index (χ0v) is 13.5. The number of hydrogen-bond donors (Lipinski definition) is 4. The number of carbonyl (C=O) groups excluding carboxylic acids is 1. The number of morpholine rings is 1. The molecule has 0 atom stereocenters. The van der Waals surface area contributed by atoms with Gasteiger partial charge in [0.15, 0.2) is 5.82 Å². The van der Waals surface area contributed by atoms with Gasteiger partial charge in [-0.15, -0.1) is 0 Å². The zero-order chi connectivity index (χ0) is 16.9. The maximum absolute atomic E-state index is 12.0. The molecular weight excluding hydrogens is 314 g/mol. The molecule has 5 N–H and O–H groups in total. The molecular formula is C14H23N7O3. The number of nitrogens with zero attached hydrogens (tertiary/aromatic N) is 3. The summed E-state index contributed by atoms with van der Waals surface area (Å²) < 4.78 is 5.29. The van der Waals surface area contributed by atoms with E-state index in [1.807, 2.05) is 4.90 Å². The molecule has 132 valence electrons. The summed E-state index contributed by atoms with van der Waals surface area (Å²) in [6.07, 6.45) is 0.332. The lowest BCUT2D eigenvalue weighted by molar-refractivity contribution is -0.121. The van der Waals surface area contributed by atoms with Crippen LogP contribution < -0.4 is 26.8 Å². The van der Waals surface area contributed by atoms with Crippen LogP contribution in [-0.2, 0) is 9.53 Å². The van der Waals surface area contributed by atoms with Crippen molar-refractivity contribution in [2.45, 2.75) is 6.42 Å². The third-order valence-corrected chi connectivity index (χ3v) is 4.13. The standard InChI is InChI=1S/C14H23N7O3/c15-14-18-12-11(13(23)19-14)17-9-21(12)3-1-10(22)16-2-4-20-5-7-24-8-6-20/h17H,1-9H2,(H,16,22)(H3,15,18,19,23). The summed E-state index contributed by atoms with van der Waals surface area (Å²) in [6, 6.07) is 0. The van der Waals surface area contributed by atoms with Crippen molar-refractivity contribution in [3.63, 3.8) is 0 Å². The van der Waals surface area contributed by atoms with Gasteiger partial charge in [0, 0.05) is 39.1 Å². The Morgan fingerprint density at radius 1 is 1.33 bits per heavy atom. The second-order valence-corrected chi connectivity index (χ2v) is 5.80. The first-order chi connectivity index (χ1) is 11.6. The zero-order valence-electron chi connectivity index (χ0n) is 13.5. The molecule has 0 radical (unpaired) electrons. The van der Waals surface area contributed by atoms with E-state index in [-0.39, 0.29) is 17.4 Å². The second kappa shape index (κ2) is 7.49. The molecule has 10 heteroatoms. The number of hydrogen-bond acceptors (Lipinski definition) is 8. The van der Waals surface area contributed by atoms with Gasteiger partial charge in [-0.2, -0.15) is 4.98 Å². The van der Waals surface area contributed by atoms with E-state index in [2.05, 4.69) is 25.5 Å². The number of aromatic nitrogens is 2. The van der Waals surface area contributed by atoms with Crippen molar-refractivity contribution in [3.8, 4) is 0 Å². The number of H-pyrrole nitrogens is 1. The number of fused-ring (bicyclic) bond motifs is 1. The predicted molar refractivity (Wildman–Crippen MR) is 90.0 cm³/mol. The SMILES string of the molecule is Nc1nc2c(c(=O)[nH]1)NCN2CCC(=O)NCCN1CCOCC1. The fourth-order valence-electron chi connectivity index (χ4n) is 2.80. The minimum atomic E-state index is -0.296. The quantitative estimate of drug-likeness (QED) is 0.487. The fourth-order valence-corrected chi connectivity index (χ4v) is 2.80. The molecule has 24 heavy (non-hydrogen) atoms. The van der Waals surface area contributed by atoms with Gasteiger partial charge in [-0.25, -0.2) is 0 Å². The van der Waals surface area contributed by atoms with E-state index >= 15 is 0 Å². The maximum Gasteiger partial charge on any atom is 0.277 e. The Morgan fingerprint density at radius 2 is 2.12 bits per heavy atom. The molecule has 0 spiro atoms. The summed E-state index contributed by atoms with van der Waals surface area (Å²) in [5.41, 5.74) is 5.68. The molecule has 2 aliphatic heterocycles. The first-order valence-electron chi connectivity index (χ1n) is 8.09. The van der Waals surface area contributed by atoms with Gasteiger partial charge in [-0.3, -0.25) is 19.5 Å². The van der Waals surface area contributed by atoms with Crippen molar-refractivity contribution in [2.24, 2.45) is 0 Å². The van der Waals surface area contributed by atoms with Gasteiger partial charge in [0.2, 0.25) is 11.9 Å². The Kier molecular flexibility index (Phi) is 5.16. The first kappa shape index (κ1) is 16.5. The molecule has 10 nitrogen and oxygen atoms in total. The molecule has 1 fully saturated rings. The van der Waals surface area contributed by atoms with Crippen molar-refractivity contribution in [1.29, 1.82) is 0 Å². The molecule has 1 amide bonds. The number of anilines is 3. The Hall–Kier alpha value is -2.33. The summed E-state index contributed by atoms with van der Waals surface area (Å²) in [5.74, 6) is 0.550. The van der Waals surface area contributed by atoms with E-state index in [1.165, 1.54) is 0 Å². The van der Waals surface area contributed by atoms with E-state index in [4.69, 9.17) is 10.5 Å². The van der Waals surface area contributed by atoms with Crippen molar-refractivity contribution in [2.75, 3.05) is 68.6 Å². The highest BCUT2D eigenvalue weighted by Crippen LogP contribution is 2.25. The van der Waals surface area contributed by atoms with Crippen molar-refractivity contribution >= 4 is 23.4 Å². The molecule has 0 unspecified atom stereocenters. The lowest BCUT2D eigenvalue weighted by atomic mass is 10.3. The van der Waals surface area contributed by atoms with E-state index in [0.29, 0.717) is 37.7 Å². The average Bonchev–Trinajstić information content (AvgIpc) is 2.97. The third kappa shape index (κ3) is 3.95. The van der Waals surface area contributed by atoms with Crippen LogP contribution >= 0.6 is 0 Å². The van der Waals surface area contributed by atoms with Crippen molar-refractivity contribution in [3.05, 3.63) is 10.4 Å². The molecule has 0 bridgehead atoms. The monoisotopic (exact) mass is 337 g/mol. The van der Waals surface area contributed by atoms with Crippen molar-refractivity contribution in [1.82, 2.24) is 20.2 Å². The number of nitrogens with one attached hydrogen (secondary N) is 3. The topological polar surface area (TPSA) is 129 Å². The van der Waals surface area contributed by atoms with Gasteiger partial charge in [-0.05, 0) is 0 Å². The van der Waals surface area contributed by atoms with Crippen LogP contribution in [0.15, 0.2) is 4.79 Å². The van der Waals surface area contributed by atoms with Gasteiger partial charge in [-0.1, -0.05) is 0 Å². The van der Waals surface area contributed by atoms with Gasteiger partial charge in [0.25, 0.3) is 5.56 Å². The van der Waals surface area contributed by atoms with Gasteiger partial charge in [0.1, 0.15) is 5.69 Å². The second-order valence-electron chi connectivity index (χ2n) is 5.80. The Labute approximate surface area is 139 Å². The summed E-state index contributed by atoms with van der Waals surface area (Å²) in [5, 5.41) is 5.89. The predicted octanol–water partition coefficient (Wildman–Crippen LogP) is -1.62. The molecule has 1 aromatic rings. The number of rotatable bonds is 6. The summed E-state index contributed by atoms with van der Waals surface area (Å²) in [4.78, 5) is 34.4. The Balaban J connectivity index is 1.42. The minimum absolute atomic E-state index is 0.0190. The molecule has 3 rings (SSSR count). The highest BCUT2D eigenvalue weighted by atomic mass is 16.5. The van der Waals surface area contributed by atoms with Crippen LogP contribution in [0, 0.1) is 0 Å². The molecule has 0 aliphatic carbocycles. The van der Waals surface area contributed by atoms with Crippen LogP contribution in [0.3, 0.4) is 0 Å². The number of aromatic amines is 1. The number of amides is 1. The molecule has 0 saturated carbocycles. The van der Waals surface area contributed by atoms with Crippen LogP contribution in [0.2, 0.25) is 0 Å². The number of nitrogens with two attached hydrogens (primary N) is 1. The lowest BCUT2D eigenvalue weighted by Crippen LogP contribution is -2.41. The number of nitrogen functional groups attached to an aromatic ring is 1. The van der Waals surface area contributed by atoms with Crippen molar-refractivity contribution < 1.29 is 9.53 Å². The summed E-state index contributed by atoms with van der Waals surface area (Å²) in [7, 11) is 0. The molecule has 3 heterocycles. The average molecular weight is 337 g/mol. The van der Waals surface area contributed by atoms with Gasteiger partial charge in [0.05, 0.1) is 19.9 Å². The van der Waals surface area contributed by atoms with Gasteiger partial charge >= 0.3 is 0 Å². The third-order valence-electron chi connectivity index (χ3n) is 4.13. The fraction of sp³-hybridized carbons (Fsp3) is 0.643. The molecule has 1 aromatic heterocycles. The van der Waals surface area contributed by atoms with Crippen LogP contribution in [-0.4, -0.2) is 73.4 Å². The normalized spacial score (nSPS) is 17.4. The van der Waals surface area contributed by atoms with E-state index < -0.39 is 0 Å². The Bertz CT molecular complexity index is 642. The number of ether oxygens (including phenoxy) is 1. The molecule has 1 saturated heterocycles. The maximum atomic E-state index is 12.0. The largest absolute Gasteiger partial charge is 0.379 e. The van der Waals surface area contributed by atoms with Gasteiger partial charge < -0.3 is 26.0 Å².